The van der Waals surface area contributed by atoms with Crippen molar-refractivity contribution in [1.82, 2.24) is 14.9 Å². The Morgan fingerprint density at radius 2 is 2.50 bits per heavy atom. The summed E-state index contributed by atoms with van der Waals surface area (Å²) in [5, 5.41) is 3.13. The average Bonchev–Trinajstić information content (AvgIpc) is 2.87. The van der Waals surface area contributed by atoms with Gasteiger partial charge in [0.1, 0.15) is 5.82 Å². The summed E-state index contributed by atoms with van der Waals surface area (Å²) in [6.07, 6.45) is 3.72. The second-order valence-corrected chi connectivity index (χ2v) is 3.89. The van der Waals surface area contributed by atoms with Gasteiger partial charge in [0.05, 0.1) is 13.2 Å². The van der Waals surface area contributed by atoms with Gasteiger partial charge in [0.25, 0.3) is 0 Å². The zero-order chi connectivity index (χ0) is 11.4. The van der Waals surface area contributed by atoms with Crippen LogP contribution in [0.25, 0.3) is 0 Å². The van der Waals surface area contributed by atoms with Gasteiger partial charge >= 0.3 is 6.55 Å². The quantitative estimate of drug-likeness (QED) is 0.832. The zero-order valence-corrected chi connectivity index (χ0v) is 8.90. The van der Waals surface area contributed by atoms with Crippen molar-refractivity contribution in [3.63, 3.8) is 0 Å². The van der Waals surface area contributed by atoms with E-state index in [9.17, 15) is 8.78 Å². The summed E-state index contributed by atoms with van der Waals surface area (Å²) in [7, 11) is 0. The van der Waals surface area contributed by atoms with Crippen LogP contribution in [-0.4, -0.2) is 29.3 Å². The van der Waals surface area contributed by atoms with Crippen LogP contribution in [-0.2, 0) is 11.3 Å². The van der Waals surface area contributed by atoms with Crippen molar-refractivity contribution in [3.8, 4) is 0 Å². The van der Waals surface area contributed by atoms with Crippen LogP contribution in [0.1, 0.15) is 18.8 Å². The number of nitrogens with one attached hydrogen (secondary N) is 1. The lowest BCUT2D eigenvalue weighted by Gasteiger charge is -2.10. The van der Waals surface area contributed by atoms with Gasteiger partial charge in [-0.15, -0.1) is 0 Å². The highest BCUT2D eigenvalue weighted by atomic mass is 19.3. The van der Waals surface area contributed by atoms with E-state index in [0.717, 1.165) is 30.7 Å². The maximum Gasteiger partial charge on any atom is 0.319 e. The fourth-order valence-electron chi connectivity index (χ4n) is 1.79. The van der Waals surface area contributed by atoms with E-state index in [1.54, 1.807) is 0 Å². The van der Waals surface area contributed by atoms with Crippen molar-refractivity contribution in [1.29, 1.82) is 0 Å². The Kier molecular flexibility index (Phi) is 3.84. The van der Waals surface area contributed by atoms with Gasteiger partial charge in [0.15, 0.2) is 0 Å². The van der Waals surface area contributed by atoms with E-state index in [1.807, 2.05) is 0 Å². The molecule has 0 aliphatic carbocycles. The van der Waals surface area contributed by atoms with Gasteiger partial charge in [-0.2, -0.15) is 8.78 Å². The molecular formula is C10H15F2N3O. The molecule has 4 nitrogen and oxygen atoms in total. The van der Waals surface area contributed by atoms with Crippen LogP contribution in [0.3, 0.4) is 0 Å². The SMILES string of the molecule is FC(F)n1ccnc1CNCC1CCOC1. The molecule has 1 aromatic heterocycles. The summed E-state index contributed by atoms with van der Waals surface area (Å²) in [5.41, 5.74) is 0. The first-order valence-electron chi connectivity index (χ1n) is 5.35. The van der Waals surface area contributed by atoms with Gasteiger partial charge < -0.3 is 10.1 Å². The van der Waals surface area contributed by atoms with Crippen molar-refractivity contribution >= 4 is 0 Å². The number of aromatic nitrogens is 2. The first-order chi connectivity index (χ1) is 7.77. The molecule has 90 valence electrons. The summed E-state index contributed by atoms with van der Waals surface area (Å²) >= 11 is 0. The van der Waals surface area contributed by atoms with Crippen molar-refractivity contribution in [2.75, 3.05) is 19.8 Å². The van der Waals surface area contributed by atoms with E-state index in [0.29, 0.717) is 18.3 Å². The van der Waals surface area contributed by atoms with Gasteiger partial charge in [-0.25, -0.2) is 4.98 Å². The molecule has 1 saturated heterocycles. The topological polar surface area (TPSA) is 39.1 Å². The summed E-state index contributed by atoms with van der Waals surface area (Å²) in [5.74, 6) is 0.865. The predicted molar refractivity (Wildman–Crippen MR) is 54.1 cm³/mol. The number of nitrogens with zero attached hydrogens (tertiary/aromatic N) is 2. The Morgan fingerprint density at radius 1 is 1.62 bits per heavy atom. The molecule has 1 atom stereocenters. The van der Waals surface area contributed by atoms with Crippen LogP contribution in [0.5, 0.6) is 0 Å². The summed E-state index contributed by atoms with van der Waals surface area (Å²) < 4.78 is 31.0. The molecule has 1 aliphatic heterocycles. The highest BCUT2D eigenvalue weighted by Crippen LogP contribution is 2.13. The molecule has 2 heterocycles. The molecule has 0 saturated carbocycles. The van der Waals surface area contributed by atoms with Crippen LogP contribution in [0.15, 0.2) is 12.4 Å². The van der Waals surface area contributed by atoms with Gasteiger partial charge in [0.2, 0.25) is 0 Å². The molecule has 1 aromatic rings. The standard InChI is InChI=1S/C10H15F2N3O/c11-10(12)15-3-2-14-9(15)6-13-5-8-1-4-16-7-8/h2-3,8,10,13H,1,4-7H2. The highest BCUT2D eigenvalue weighted by Gasteiger charge is 2.16. The Hall–Kier alpha value is -1.01. The molecule has 1 N–H and O–H groups in total. The van der Waals surface area contributed by atoms with Gasteiger partial charge in [-0.3, -0.25) is 4.57 Å². The number of hydrogen-bond acceptors (Lipinski definition) is 3. The largest absolute Gasteiger partial charge is 0.381 e. The summed E-state index contributed by atoms with van der Waals surface area (Å²) in [6, 6.07) is 0. The average molecular weight is 231 g/mol. The molecule has 0 bridgehead atoms. The first-order valence-corrected chi connectivity index (χ1v) is 5.35. The molecule has 1 unspecified atom stereocenters. The van der Waals surface area contributed by atoms with E-state index in [4.69, 9.17) is 4.74 Å². The molecule has 1 fully saturated rings. The van der Waals surface area contributed by atoms with Crippen molar-refractivity contribution in [2.45, 2.75) is 19.5 Å². The van der Waals surface area contributed by atoms with Crippen LogP contribution < -0.4 is 5.32 Å². The molecule has 2 rings (SSSR count). The van der Waals surface area contributed by atoms with Crippen molar-refractivity contribution in [2.24, 2.45) is 5.92 Å². The zero-order valence-electron chi connectivity index (χ0n) is 8.90. The number of ether oxygens (including phenoxy) is 1. The van der Waals surface area contributed by atoms with E-state index >= 15 is 0 Å². The Labute approximate surface area is 92.6 Å². The highest BCUT2D eigenvalue weighted by molar-refractivity contribution is 4.92. The fraction of sp³-hybridized carbons (Fsp3) is 0.700. The molecule has 0 aromatic carbocycles. The monoisotopic (exact) mass is 231 g/mol. The normalized spacial score (nSPS) is 20.8. The lowest BCUT2D eigenvalue weighted by Crippen LogP contribution is -2.24. The van der Waals surface area contributed by atoms with Crippen molar-refractivity contribution in [3.05, 3.63) is 18.2 Å². The Bertz CT molecular complexity index is 324. The van der Waals surface area contributed by atoms with Crippen LogP contribution in [0, 0.1) is 5.92 Å². The van der Waals surface area contributed by atoms with Crippen LogP contribution in [0.2, 0.25) is 0 Å². The Morgan fingerprint density at radius 3 is 3.19 bits per heavy atom. The van der Waals surface area contributed by atoms with E-state index in [2.05, 4.69) is 10.3 Å². The minimum absolute atomic E-state index is 0.369. The smallest absolute Gasteiger partial charge is 0.319 e. The van der Waals surface area contributed by atoms with Crippen LogP contribution in [0.4, 0.5) is 8.78 Å². The predicted octanol–water partition coefficient (Wildman–Crippen LogP) is 1.40. The first kappa shape index (κ1) is 11.5. The third kappa shape index (κ3) is 2.76. The van der Waals surface area contributed by atoms with E-state index in [1.165, 1.54) is 12.4 Å². The number of halogens is 2. The number of alkyl halides is 2. The second kappa shape index (κ2) is 5.36. The number of imidazole rings is 1. The number of hydrogen-bond donors (Lipinski definition) is 1. The maximum absolute atomic E-state index is 12.5. The third-order valence-electron chi connectivity index (χ3n) is 2.70. The van der Waals surface area contributed by atoms with Crippen molar-refractivity contribution < 1.29 is 13.5 Å². The molecule has 0 radical (unpaired) electrons. The molecule has 16 heavy (non-hydrogen) atoms. The molecule has 6 heteroatoms. The van der Waals surface area contributed by atoms with E-state index in [-0.39, 0.29) is 0 Å². The minimum Gasteiger partial charge on any atom is -0.381 e. The maximum atomic E-state index is 12.5. The van der Waals surface area contributed by atoms with Gasteiger partial charge in [-0.1, -0.05) is 0 Å². The molecular weight excluding hydrogens is 216 g/mol. The third-order valence-corrected chi connectivity index (χ3v) is 2.70. The number of rotatable bonds is 5. The van der Waals surface area contributed by atoms with Crippen LogP contribution >= 0.6 is 0 Å². The van der Waals surface area contributed by atoms with Gasteiger partial charge in [0, 0.05) is 25.5 Å². The minimum atomic E-state index is -2.52. The Balaban J connectivity index is 1.78. The van der Waals surface area contributed by atoms with E-state index < -0.39 is 6.55 Å². The molecule has 0 amide bonds. The molecule has 0 spiro atoms. The summed E-state index contributed by atoms with van der Waals surface area (Å²) in [4.78, 5) is 3.89. The lowest BCUT2D eigenvalue weighted by molar-refractivity contribution is 0.0665. The lowest BCUT2D eigenvalue weighted by atomic mass is 10.1. The van der Waals surface area contributed by atoms with Gasteiger partial charge in [-0.05, 0) is 12.3 Å². The second-order valence-electron chi connectivity index (χ2n) is 3.89. The fourth-order valence-corrected chi connectivity index (χ4v) is 1.79. The molecule has 1 aliphatic rings. The summed E-state index contributed by atoms with van der Waals surface area (Å²) in [6.45, 7) is 0.201.